The summed E-state index contributed by atoms with van der Waals surface area (Å²) in [5.41, 5.74) is 4.18. The van der Waals surface area contributed by atoms with Crippen LogP contribution in [0.25, 0.3) is 5.65 Å². The van der Waals surface area contributed by atoms with Crippen LogP contribution < -0.4 is 4.74 Å². The highest BCUT2D eigenvalue weighted by Crippen LogP contribution is 2.30. The molecule has 0 bridgehead atoms. The molecule has 3 aromatic heterocycles. The Kier molecular flexibility index (Phi) is 6.42. The lowest BCUT2D eigenvalue weighted by Gasteiger charge is -2.19. The van der Waals surface area contributed by atoms with Gasteiger partial charge in [0.1, 0.15) is 17.1 Å². The van der Waals surface area contributed by atoms with E-state index in [-0.39, 0.29) is 24.2 Å². The maximum atomic E-state index is 13.2. The summed E-state index contributed by atoms with van der Waals surface area (Å²) < 4.78 is 19.1. The molecule has 0 amide bonds. The number of ketones is 1. The predicted octanol–water partition coefficient (Wildman–Crippen LogP) is 4.34. The van der Waals surface area contributed by atoms with Gasteiger partial charge in [0.25, 0.3) is 0 Å². The Labute approximate surface area is 194 Å². The van der Waals surface area contributed by atoms with Gasteiger partial charge in [-0.05, 0) is 45.2 Å². The molecule has 174 valence electrons. The van der Waals surface area contributed by atoms with E-state index in [0.29, 0.717) is 24.0 Å². The van der Waals surface area contributed by atoms with E-state index in [1.807, 2.05) is 42.6 Å². The third kappa shape index (κ3) is 4.94. The van der Waals surface area contributed by atoms with E-state index in [9.17, 15) is 4.79 Å². The van der Waals surface area contributed by atoms with Gasteiger partial charge < -0.3 is 18.6 Å². The Hall–Kier alpha value is -2.77. The largest absolute Gasteiger partial charge is 0.491 e. The van der Waals surface area contributed by atoms with Crippen molar-refractivity contribution in [3.8, 4) is 5.75 Å². The van der Waals surface area contributed by atoms with Crippen molar-refractivity contribution in [2.24, 2.45) is 0 Å². The van der Waals surface area contributed by atoms with E-state index in [0.717, 1.165) is 61.7 Å². The summed E-state index contributed by atoms with van der Waals surface area (Å²) in [5.74, 6) is 1.36. The molecule has 3 aromatic rings. The van der Waals surface area contributed by atoms with E-state index < -0.39 is 0 Å². The molecule has 0 radical (unpaired) electrons. The zero-order chi connectivity index (χ0) is 22.8. The number of hydrogen-bond donors (Lipinski definition) is 0. The fourth-order valence-corrected chi connectivity index (χ4v) is 4.63. The third-order valence-electron chi connectivity index (χ3n) is 6.41. The Morgan fingerprint density at radius 1 is 1.06 bits per heavy atom. The molecule has 7 nitrogen and oxygen atoms in total. The normalized spacial score (nSPS) is 19.4. The van der Waals surface area contributed by atoms with E-state index in [1.165, 1.54) is 0 Å². The fourth-order valence-electron chi connectivity index (χ4n) is 4.63. The highest BCUT2D eigenvalue weighted by Gasteiger charge is 2.22. The Morgan fingerprint density at radius 2 is 1.85 bits per heavy atom. The topological polar surface area (TPSA) is 75.0 Å². The molecular formula is C26H31N3O4. The van der Waals surface area contributed by atoms with Crippen LogP contribution in [0.1, 0.15) is 72.4 Å². The molecule has 0 saturated carbocycles. The van der Waals surface area contributed by atoms with Gasteiger partial charge in [0.15, 0.2) is 5.78 Å². The van der Waals surface area contributed by atoms with Crippen molar-refractivity contribution >= 4 is 11.4 Å². The molecule has 2 aliphatic heterocycles. The van der Waals surface area contributed by atoms with Crippen LogP contribution in [0.15, 0.2) is 36.7 Å². The van der Waals surface area contributed by atoms with Crippen LogP contribution >= 0.6 is 0 Å². The minimum Gasteiger partial charge on any atom is -0.491 e. The number of fused-ring (bicyclic) bond motifs is 1. The molecule has 0 aliphatic carbocycles. The molecule has 5 rings (SSSR count). The first kappa shape index (κ1) is 22.0. The van der Waals surface area contributed by atoms with Crippen LogP contribution in [0.4, 0.5) is 0 Å². The van der Waals surface area contributed by atoms with Crippen molar-refractivity contribution < 1.29 is 19.0 Å². The van der Waals surface area contributed by atoms with Crippen LogP contribution in [0.3, 0.4) is 0 Å². The second-order valence-electron chi connectivity index (χ2n) is 9.26. The minimum absolute atomic E-state index is 0.00459. The number of pyridine rings is 2. The average Bonchev–Trinajstić information content (AvgIpc) is 3.50. The summed E-state index contributed by atoms with van der Waals surface area (Å²) in [6, 6.07) is 7.65. The lowest BCUT2D eigenvalue weighted by atomic mass is 9.97. The quantitative estimate of drug-likeness (QED) is 0.500. The highest BCUT2D eigenvalue weighted by atomic mass is 16.5. The van der Waals surface area contributed by atoms with Crippen LogP contribution in [-0.4, -0.2) is 52.7 Å². The smallest absolute Gasteiger partial charge is 0.185 e. The molecule has 5 heterocycles. The van der Waals surface area contributed by atoms with Crippen molar-refractivity contribution in [1.82, 2.24) is 14.4 Å². The second-order valence-corrected chi connectivity index (χ2v) is 9.26. The summed E-state index contributed by atoms with van der Waals surface area (Å²) in [6.45, 7) is 6.95. The molecule has 2 saturated heterocycles. The van der Waals surface area contributed by atoms with E-state index in [1.54, 1.807) is 6.07 Å². The summed E-state index contributed by atoms with van der Waals surface area (Å²) in [5, 5.41) is 0. The number of nitrogens with zero attached hydrogens (tertiary/aromatic N) is 3. The van der Waals surface area contributed by atoms with Crippen molar-refractivity contribution in [2.75, 3.05) is 26.4 Å². The van der Waals surface area contributed by atoms with Crippen molar-refractivity contribution in [3.05, 3.63) is 59.3 Å². The van der Waals surface area contributed by atoms with Gasteiger partial charge in [0.2, 0.25) is 0 Å². The molecule has 0 N–H and O–H groups in total. The lowest BCUT2D eigenvalue weighted by molar-refractivity contribution is 0.0846. The molecule has 7 heteroatoms. The first-order chi connectivity index (χ1) is 16.1. The number of carbonyl (C=O) groups excluding carboxylic acids is 1. The SMILES string of the molecule is CC(C)Oc1cc2nc(C3CCOCC3)cn2cc1CC(=O)c1cccc(C2CCOC2)n1. The summed E-state index contributed by atoms with van der Waals surface area (Å²) in [7, 11) is 0. The number of imidazole rings is 1. The molecule has 0 spiro atoms. The van der Waals surface area contributed by atoms with E-state index in [4.69, 9.17) is 19.2 Å². The van der Waals surface area contributed by atoms with Crippen LogP contribution in [0.2, 0.25) is 0 Å². The van der Waals surface area contributed by atoms with Gasteiger partial charge >= 0.3 is 0 Å². The predicted molar refractivity (Wildman–Crippen MR) is 124 cm³/mol. The fraction of sp³-hybridized carbons (Fsp3) is 0.500. The number of Topliss-reactive ketones (excluding diaryl/α,β-unsaturated/α-hetero) is 1. The minimum atomic E-state index is -0.0199. The van der Waals surface area contributed by atoms with Gasteiger partial charge in [0.05, 0.1) is 18.4 Å². The van der Waals surface area contributed by atoms with Gasteiger partial charge in [-0.3, -0.25) is 4.79 Å². The number of carbonyl (C=O) groups is 1. The highest BCUT2D eigenvalue weighted by molar-refractivity contribution is 5.96. The van der Waals surface area contributed by atoms with E-state index in [2.05, 4.69) is 11.2 Å². The Balaban J connectivity index is 1.43. The van der Waals surface area contributed by atoms with Gasteiger partial charge in [-0.1, -0.05) is 6.07 Å². The average molecular weight is 450 g/mol. The molecule has 1 unspecified atom stereocenters. The zero-order valence-electron chi connectivity index (χ0n) is 19.3. The lowest BCUT2D eigenvalue weighted by Crippen LogP contribution is -2.14. The second kappa shape index (κ2) is 9.61. The van der Waals surface area contributed by atoms with E-state index >= 15 is 0 Å². The summed E-state index contributed by atoms with van der Waals surface area (Å²) >= 11 is 0. The number of rotatable bonds is 7. The first-order valence-corrected chi connectivity index (χ1v) is 11.9. The van der Waals surface area contributed by atoms with Crippen molar-refractivity contribution in [3.63, 3.8) is 0 Å². The molecule has 1 atom stereocenters. The number of ether oxygens (including phenoxy) is 3. The molecular weight excluding hydrogens is 418 g/mol. The first-order valence-electron chi connectivity index (χ1n) is 11.9. The van der Waals surface area contributed by atoms with Crippen LogP contribution in [0.5, 0.6) is 5.75 Å². The van der Waals surface area contributed by atoms with Gasteiger partial charge in [-0.25, -0.2) is 9.97 Å². The Morgan fingerprint density at radius 3 is 2.61 bits per heavy atom. The van der Waals surface area contributed by atoms with Crippen LogP contribution in [0, 0.1) is 0 Å². The third-order valence-corrected chi connectivity index (χ3v) is 6.41. The monoisotopic (exact) mass is 449 g/mol. The summed E-state index contributed by atoms with van der Waals surface area (Å²) in [6.07, 6.45) is 7.20. The van der Waals surface area contributed by atoms with Crippen LogP contribution in [-0.2, 0) is 15.9 Å². The Bertz CT molecular complexity index is 1130. The standard InChI is InChI=1S/C26H31N3O4/c1-17(2)33-25-13-26-28-23(18-6-9-31-10-7-18)15-29(26)14-20(25)12-24(30)22-5-3-4-21(27-22)19-8-11-32-16-19/h3-5,13-15,17-19H,6-12,16H2,1-2H3. The van der Waals surface area contributed by atoms with Gasteiger partial charge in [-0.2, -0.15) is 0 Å². The number of aromatic nitrogens is 3. The molecule has 2 aliphatic rings. The summed E-state index contributed by atoms with van der Waals surface area (Å²) in [4.78, 5) is 22.7. The molecule has 2 fully saturated rings. The van der Waals surface area contributed by atoms with Gasteiger partial charge in [0, 0.05) is 67.8 Å². The van der Waals surface area contributed by atoms with Crippen molar-refractivity contribution in [2.45, 2.75) is 57.5 Å². The maximum absolute atomic E-state index is 13.2. The van der Waals surface area contributed by atoms with Gasteiger partial charge in [-0.15, -0.1) is 0 Å². The van der Waals surface area contributed by atoms with Crippen molar-refractivity contribution in [1.29, 1.82) is 0 Å². The molecule has 33 heavy (non-hydrogen) atoms. The maximum Gasteiger partial charge on any atom is 0.185 e. The molecule has 0 aromatic carbocycles. The number of hydrogen-bond acceptors (Lipinski definition) is 6. The zero-order valence-corrected chi connectivity index (χ0v) is 19.3.